The number of ether oxygens (including phenoxy) is 1. The van der Waals surface area contributed by atoms with Crippen molar-refractivity contribution in [1.82, 2.24) is 0 Å². The summed E-state index contributed by atoms with van der Waals surface area (Å²) in [6.07, 6.45) is 1.76. The first-order valence-electron chi connectivity index (χ1n) is 8.85. The quantitative estimate of drug-likeness (QED) is 0.696. The van der Waals surface area contributed by atoms with E-state index in [-0.39, 0.29) is 23.7 Å². The second kappa shape index (κ2) is 8.35. The highest BCUT2D eigenvalue weighted by Gasteiger charge is 2.33. The molecular weight excluding hydrogens is 374 g/mol. The molecule has 1 aliphatic rings. The first kappa shape index (κ1) is 19.8. The van der Waals surface area contributed by atoms with Gasteiger partial charge in [-0.3, -0.25) is 0 Å². The van der Waals surface area contributed by atoms with Gasteiger partial charge in [-0.25, -0.2) is 9.79 Å². The number of esters is 1. The van der Waals surface area contributed by atoms with Gasteiger partial charge < -0.3 is 14.9 Å². The molecule has 1 heterocycles. The van der Waals surface area contributed by atoms with Crippen molar-refractivity contribution < 1.29 is 19.7 Å². The molecule has 0 atom stereocenters. The van der Waals surface area contributed by atoms with Crippen LogP contribution in [0.1, 0.15) is 23.6 Å². The van der Waals surface area contributed by atoms with Crippen molar-refractivity contribution in [1.29, 1.82) is 0 Å². The van der Waals surface area contributed by atoms with Crippen LogP contribution in [0.3, 0.4) is 0 Å². The third-order valence-electron chi connectivity index (χ3n) is 4.23. The Bertz CT molecular complexity index is 1020. The first-order valence-corrected chi connectivity index (χ1v) is 9.67. The molecule has 2 aromatic rings. The lowest BCUT2D eigenvalue weighted by Crippen LogP contribution is -2.12. The third-order valence-corrected chi connectivity index (χ3v) is 5.25. The molecule has 5 nitrogen and oxygen atoms in total. The Labute approximate surface area is 168 Å². The Morgan fingerprint density at radius 2 is 1.89 bits per heavy atom. The normalized spacial score (nSPS) is 16.8. The number of carbonyl (C=O) groups is 1. The Hall–Kier alpha value is -2.99. The van der Waals surface area contributed by atoms with E-state index in [1.807, 2.05) is 31.2 Å². The number of nitrogens with zero attached hydrogens (tertiary/aromatic N) is 1. The molecule has 0 saturated carbocycles. The van der Waals surface area contributed by atoms with Gasteiger partial charge >= 0.3 is 5.97 Å². The standard InChI is InChI=1S/C22H21NO4S/c1-4-27-22(26)19-20(25)18(12-15-9-10-17(24)14(3)11-15)28-21(19)23-16-8-6-5-7-13(16)2/h5-12,24-25H,4H2,1-3H3. The maximum Gasteiger partial charge on any atom is 0.344 e. The van der Waals surface area contributed by atoms with Crippen LogP contribution in [0.5, 0.6) is 5.75 Å². The lowest BCUT2D eigenvalue weighted by molar-refractivity contribution is -0.138. The molecule has 0 bridgehead atoms. The molecule has 144 valence electrons. The summed E-state index contributed by atoms with van der Waals surface area (Å²) in [5.74, 6) is -0.554. The summed E-state index contributed by atoms with van der Waals surface area (Å²) in [5, 5.41) is 20.8. The van der Waals surface area contributed by atoms with Crippen LogP contribution in [0.25, 0.3) is 6.08 Å². The van der Waals surface area contributed by atoms with Crippen molar-refractivity contribution >= 4 is 34.5 Å². The molecule has 0 aliphatic carbocycles. The summed E-state index contributed by atoms with van der Waals surface area (Å²) in [4.78, 5) is 17.5. The molecule has 2 N–H and O–H groups in total. The second-order valence-corrected chi connectivity index (χ2v) is 7.33. The lowest BCUT2D eigenvalue weighted by Gasteiger charge is -2.05. The number of aliphatic hydroxyl groups is 1. The number of para-hydroxylation sites is 1. The summed E-state index contributed by atoms with van der Waals surface area (Å²) in [5.41, 5.74) is 3.27. The van der Waals surface area contributed by atoms with Gasteiger partial charge in [-0.15, -0.1) is 0 Å². The minimum absolute atomic E-state index is 0.0665. The van der Waals surface area contributed by atoms with Crippen LogP contribution in [0, 0.1) is 13.8 Å². The molecule has 0 saturated heterocycles. The van der Waals surface area contributed by atoms with E-state index in [0.717, 1.165) is 22.4 Å². The molecule has 6 heteroatoms. The van der Waals surface area contributed by atoms with Crippen molar-refractivity contribution in [2.75, 3.05) is 6.61 Å². The van der Waals surface area contributed by atoms with E-state index in [0.29, 0.717) is 9.95 Å². The molecule has 0 aromatic heterocycles. The number of phenols is 1. The molecule has 1 aliphatic heterocycles. The predicted octanol–water partition coefficient (Wildman–Crippen LogP) is 5.20. The van der Waals surface area contributed by atoms with Crippen LogP contribution < -0.4 is 0 Å². The summed E-state index contributed by atoms with van der Waals surface area (Å²) >= 11 is 1.21. The molecule has 28 heavy (non-hydrogen) atoms. The number of aryl methyl sites for hydroxylation is 2. The first-order chi connectivity index (χ1) is 13.4. The smallest absolute Gasteiger partial charge is 0.344 e. The van der Waals surface area contributed by atoms with E-state index in [2.05, 4.69) is 4.99 Å². The number of hydrogen-bond acceptors (Lipinski definition) is 6. The third kappa shape index (κ3) is 4.12. The van der Waals surface area contributed by atoms with Gasteiger partial charge in [0.2, 0.25) is 0 Å². The van der Waals surface area contributed by atoms with Crippen LogP contribution in [0.15, 0.2) is 63.7 Å². The Morgan fingerprint density at radius 3 is 2.57 bits per heavy atom. The average Bonchev–Trinajstić information content (AvgIpc) is 2.95. The van der Waals surface area contributed by atoms with Gasteiger partial charge in [0.25, 0.3) is 0 Å². The van der Waals surface area contributed by atoms with E-state index >= 15 is 0 Å². The molecule has 0 spiro atoms. The number of phenolic OH excluding ortho intramolecular Hbond substituents is 1. The number of carbonyl (C=O) groups excluding carboxylic acids is 1. The van der Waals surface area contributed by atoms with E-state index in [1.165, 1.54) is 11.8 Å². The van der Waals surface area contributed by atoms with Crippen LogP contribution in [-0.2, 0) is 9.53 Å². The van der Waals surface area contributed by atoms with Crippen molar-refractivity contribution in [3.8, 4) is 5.75 Å². The monoisotopic (exact) mass is 395 g/mol. The number of aliphatic hydroxyl groups excluding tert-OH is 1. The zero-order valence-electron chi connectivity index (χ0n) is 15.9. The van der Waals surface area contributed by atoms with Crippen molar-refractivity contribution in [2.24, 2.45) is 4.99 Å². The van der Waals surface area contributed by atoms with Gasteiger partial charge in [-0.05, 0) is 61.7 Å². The number of benzene rings is 2. The van der Waals surface area contributed by atoms with Crippen molar-refractivity contribution in [2.45, 2.75) is 20.8 Å². The summed E-state index contributed by atoms with van der Waals surface area (Å²) < 4.78 is 5.12. The van der Waals surface area contributed by atoms with Crippen molar-refractivity contribution in [3.05, 3.63) is 75.4 Å². The van der Waals surface area contributed by atoms with Crippen LogP contribution >= 0.6 is 11.8 Å². The maximum absolute atomic E-state index is 12.4. The number of aromatic hydroxyl groups is 1. The Kier molecular flexibility index (Phi) is 5.90. The fraction of sp³-hybridized carbons (Fsp3) is 0.182. The minimum atomic E-state index is -0.606. The number of rotatable bonds is 4. The molecular formula is C22H21NO4S. The fourth-order valence-electron chi connectivity index (χ4n) is 2.71. The predicted molar refractivity (Wildman–Crippen MR) is 113 cm³/mol. The fourth-order valence-corrected chi connectivity index (χ4v) is 3.74. The zero-order valence-corrected chi connectivity index (χ0v) is 16.7. The Balaban J connectivity index is 2.07. The maximum atomic E-state index is 12.4. The average molecular weight is 395 g/mol. The summed E-state index contributed by atoms with van der Waals surface area (Å²) in [6, 6.07) is 12.7. The highest BCUT2D eigenvalue weighted by Crippen LogP contribution is 2.40. The van der Waals surface area contributed by atoms with Crippen LogP contribution in [0.2, 0.25) is 0 Å². The van der Waals surface area contributed by atoms with Crippen LogP contribution in [-0.4, -0.2) is 27.8 Å². The van der Waals surface area contributed by atoms with Gasteiger partial charge in [0, 0.05) is 0 Å². The highest BCUT2D eigenvalue weighted by molar-refractivity contribution is 8.18. The highest BCUT2D eigenvalue weighted by atomic mass is 32.2. The van der Waals surface area contributed by atoms with E-state index in [9.17, 15) is 15.0 Å². The lowest BCUT2D eigenvalue weighted by atomic mass is 10.1. The van der Waals surface area contributed by atoms with E-state index in [4.69, 9.17) is 4.74 Å². The number of hydrogen-bond donors (Lipinski definition) is 2. The topological polar surface area (TPSA) is 79.1 Å². The molecule has 0 radical (unpaired) electrons. The summed E-state index contributed by atoms with van der Waals surface area (Å²) in [6.45, 7) is 5.65. The second-order valence-electron chi connectivity index (χ2n) is 6.30. The minimum Gasteiger partial charge on any atom is -0.508 e. The van der Waals surface area contributed by atoms with Gasteiger partial charge in [-0.2, -0.15) is 0 Å². The van der Waals surface area contributed by atoms with E-state index < -0.39 is 5.97 Å². The Morgan fingerprint density at radius 1 is 1.14 bits per heavy atom. The van der Waals surface area contributed by atoms with Gasteiger partial charge in [0.05, 0.1) is 17.2 Å². The molecule has 2 aromatic carbocycles. The number of thioether (sulfide) groups is 1. The van der Waals surface area contributed by atoms with Gasteiger partial charge in [0.1, 0.15) is 22.1 Å². The molecule has 0 unspecified atom stereocenters. The van der Waals surface area contributed by atoms with Gasteiger partial charge in [0.15, 0.2) is 0 Å². The van der Waals surface area contributed by atoms with E-state index in [1.54, 1.807) is 38.1 Å². The van der Waals surface area contributed by atoms with Crippen molar-refractivity contribution in [3.63, 3.8) is 0 Å². The SMILES string of the molecule is CCOC(=O)C1=C(O)C(=Cc2ccc(O)c(C)c2)SC1=Nc1ccccc1C. The zero-order chi connectivity index (χ0) is 20.3. The molecule has 3 rings (SSSR count). The molecule has 0 fully saturated rings. The van der Waals surface area contributed by atoms with Crippen LogP contribution in [0.4, 0.5) is 5.69 Å². The van der Waals surface area contributed by atoms with Gasteiger partial charge in [-0.1, -0.05) is 36.0 Å². The largest absolute Gasteiger partial charge is 0.508 e. The number of aliphatic imine (C=N–C) groups is 1. The summed E-state index contributed by atoms with van der Waals surface area (Å²) in [7, 11) is 0. The molecule has 0 amide bonds.